The molecule has 0 heterocycles. The van der Waals surface area contributed by atoms with Gasteiger partial charge in [-0.15, -0.1) is 0 Å². The van der Waals surface area contributed by atoms with E-state index in [0.717, 1.165) is 0 Å². The lowest BCUT2D eigenvalue weighted by Crippen LogP contribution is -2.36. The van der Waals surface area contributed by atoms with Crippen LogP contribution in [-0.2, 0) is 0 Å². The Labute approximate surface area is 90.6 Å². The number of halogens is 7. The van der Waals surface area contributed by atoms with Crippen LogP contribution in [0.1, 0.15) is 0 Å². The summed E-state index contributed by atoms with van der Waals surface area (Å²) in [6.07, 6.45) is -11.2. The topological polar surface area (TPSA) is 12.4 Å². The Morgan fingerprint density at radius 3 is 1.59 bits per heavy atom. The van der Waals surface area contributed by atoms with Gasteiger partial charge in [0, 0.05) is 0 Å². The van der Waals surface area contributed by atoms with Gasteiger partial charge in [-0.1, -0.05) is 0 Å². The lowest BCUT2D eigenvalue weighted by atomic mass is 10.3. The molecule has 1 nitrogen and oxygen atoms in total. The Morgan fingerprint density at radius 1 is 0.824 bits per heavy atom. The van der Waals surface area contributed by atoms with Crippen molar-refractivity contribution in [3.05, 3.63) is 30.1 Å². The third-order valence-electron chi connectivity index (χ3n) is 1.60. The lowest BCUT2D eigenvalue weighted by molar-refractivity contribution is -0.117. The highest BCUT2D eigenvalue weighted by molar-refractivity contribution is 5.96. The van der Waals surface area contributed by atoms with E-state index in [9.17, 15) is 30.7 Å². The minimum Gasteiger partial charge on any atom is -0.240 e. The average molecular weight is 259 g/mol. The number of hydrogen-bond acceptors (Lipinski definition) is 1. The van der Waals surface area contributed by atoms with Crippen molar-refractivity contribution in [2.24, 2.45) is 4.99 Å². The largest absolute Gasteiger partial charge is 0.438 e. The molecule has 0 radical (unpaired) electrons. The Balaban J connectivity index is 3.20. The fraction of sp³-hybridized carbons (Fsp3) is 0.222. The van der Waals surface area contributed by atoms with Gasteiger partial charge >= 0.3 is 12.4 Å². The van der Waals surface area contributed by atoms with E-state index < -0.39 is 29.6 Å². The van der Waals surface area contributed by atoms with Crippen LogP contribution in [-0.4, -0.2) is 18.1 Å². The zero-order valence-electron chi connectivity index (χ0n) is 7.90. The van der Waals surface area contributed by atoms with Crippen molar-refractivity contribution in [1.29, 1.82) is 0 Å². The van der Waals surface area contributed by atoms with E-state index in [1.165, 1.54) is 0 Å². The van der Waals surface area contributed by atoms with E-state index >= 15 is 0 Å². The van der Waals surface area contributed by atoms with Crippen LogP contribution < -0.4 is 0 Å². The minimum atomic E-state index is -5.62. The van der Waals surface area contributed by atoms with Crippen LogP contribution in [0.2, 0.25) is 0 Å². The van der Waals surface area contributed by atoms with E-state index in [0.29, 0.717) is 24.3 Å². The van der Waals surface area contributed by atoms with Gasteiger partial charge in [0.1, 0.15) is 5.82 Å². The molecule has 0 aliphatic carbocycles. The van der Waals surface area contributed by atoms with Crippen molar-refractivity contribution in [2.75, 3.05) is 0 Å². The quantitative estimate of drug-likeness (QED) is 0.533. The van der Waals surface area contributed by atoms with E-state index in [1.807, 2.05) is 0 Å². The lowest BCUT2D eigenvalue weighted by Gasteiger charge is -2.13. The fourth-order valence-electron chi connectivity index (χ4n) is 0.932. The molecule has 8 heteroatoms. The highest BCUT2D eigenvalue weighted by atomic mass is 19.4. The summed E-state index contributed by atoms with van der Waals surface area (Å²) in [6, 6.07) is 2.85. The molecule has 0 aliphatic heterocycles. The molecule has 0 saturated heterocycles. The summed E-state index contributed by atoms with van der Waals surface area (Å²) in [4.78, 5) is 2.44. The molecule has 1 rings (SSSR count). The Kier molecular flexibility index (Phi) is 3.44. The fourth-order valence-corrected chi connectivity index (χ4v) is 0.932. The number of rotatable bonds is 1. The molecular weight excluding hydrogens is 255 g/mol. The van der Waals surface area contributed by atoms with Crippen molar-refractivity contribution < 1.29 is 30.7 Å². The molecule has 1 aromatic rings. The zero-order valence-corrected chi connectivity index (χ0v) is 7.90. The molecule has 17 heavy (non-hydrogen) atoms. The molecule has 0 unspecified atom stereocenters. The number of alkyl halides is 6. The first-order valence-electron chi connectivity index (χ1n) is 4.09. The number of aliphatic imine (C=N–C) groups is 1. The first kappa shape index (κ1) is 13.5. The normalized spacial score (nSPS) is 12.4. The van der Waals surface area contributed by atoms with E-state index in [4.69, 9.17) is 0 Å². The molecule has 0 aromatic heterocycles. The first-order chi connectivity index (χ1) is 7.60. The second-order valence-electron chi connectivity index (χ2n) is 2.93. The van der Waals surface area contributed by atoms with Crippen LogP contribution in [0.4, 0.5) is 36.4 Å². The van der Waals surface area contributed by atoms with Crippen LogP contribution in [0, 0.1) is 5.82 Å². The number of hydrogen-bond donors (Lipinski definition) is 0. The highest BCUT2D eigenvalue weighted by Gasteiger charge is 2.53. The molecule has 0 bridgehead atoms. The third kappa shape index (κ3) is 3.72. The number of nitrogens with zero attached hydrogens (tertiary/aromatic N) is 1. The maximum Gasteiger partial charge on any atom is 0.438 e. The zero-order chi connectivity index (χ0) is 13.3. The predicted octanol–water partition coefficient (Wildman–Crippen LogP) is 4.02. The summed E-state index contributed by atoms with van der Waals surface area (Å²) in [7, 11) is 0. The van der Waals surface area contributed by atoms with E-state index in [2.05, 4.69) is 4.99 Å². The second-order valence-corrected chi connectivity index (χ2v) is 2.93. The molecule has 0 atom stereocenters. The summed E-state index contributed by atoms with van der Waals surface area (Å²) in [5.41, 5.74) is -3.51. The summed E-state index contributed by atoms with van der Waals surface area (Å²) in [5.74, 6) is -0.787. The summed E-state index contributed by atoms with van der Waals surface area (Å²) in [5, 5.41) is 0. The smallest absolute Gasteiger partial charge is 0.240 e. The van der Waals surface area contributed by atoms with Gasteiger partial charge in [0.15, 0.2) is 0 Å². The molecule has 0 spiro atoms. The standard InChI is InChI=1S/C9H4F7N/c10-5-1-3-6(4-2-5)17-7(8(11,12)13)9(14,15)16/h1-4H. The first-order valence-corrected chi connectivity index (χ1v) is 4.09. The maximum atomic E-state index is 12.4. The van der Waals surface area contributed by atoms with E-state index in [1.54, 1.807) is 0 Å². The molecular formula is C9H4F7N. The molecule has 0 fully saturated rings. The van der Waals surface area contributed by atoms with Gasteiger partial charge in [0.25, 0.3) is 0 Å². The highest BCUT2D eigenvalue weighted by Crippen LogP contribution is 2.32. The summed E-state index contributed by atoms with van der Waals surface area (Å²) < 4.78 is 84.7. The monoisotopic (exact) mass is 259 g/mol. The van der Waals surface area contributed by atoms with Crippen LogP contribution in [0.3, 0.4) is 0 Å². The van der Waals surface area contributed by atoms with Crippen LogP contribution in [0.25, 0.3) is 0 Å². The van der Waals surface area contributed by atoms with Crippen molar-refractivity contribution in [2.45, 2.75) is 12.4 Å². The third-order valence-corrected chi connectivity index (χ3v) is 1.60. The SMILES string of the molecule is Fc1ccc(N=C(C(F)(F)F)C(F)(F)F)cc1. The van der Waals surface area contributed by atoms with E-state index in [-0.39, 0.29) is 0 Å². The Bertz CT molecular complexity index is 396. The molecule has 0 aliphatic rings. The van der Waals surface area contributed by atoms with Gasteiger partial charge in [-0.2, -0.15) is 26.3 Å². The molecule has 1 aromatic carbocycles. The van der Waals surface area contributed by atoms with Crippen LogP contribution >= 0.6 is 0 Å². The van der Waals surface area contributed by atoms with Gasteiger partial charge in [-0.25, -0.2) is 9.38 Å². The number of benzene rings is 1. The summed E-state index contributed by atoms with van der Waals surface area (Å²) in [6.45, 7) is 0. The van der Waals surface area contributed by atoms with Gasteiger partial charge in [-0.3, -0.25) is 0 Å². The van der Waals surface area contributed by atoms with Crippen molar-refractivity contribution in [1.82, 2.24) is 0 Å². The van der Waals surface area contributed by atoms with Crippen LogP contribution in [0.5, 0.6) is 0 Å². The second kappa shape index (κ2) is 4.34. The van der Waals surface area contributed by atoms with Crippen molar-refractivity contribution in [3.8, 4) is 0 Å². The minimum absolute atomic E-state index is 0.629. The van der Waals surface area contributed by atoms with Crippen molar-refractivity contribution >= 4 is 11.4 Å². The van der Waals surface area contributed by atoms with Gasteiger partial charge < -0.3 is 0 Å². The van der Waals surface area contributed by atoms with Gasteiger partial charge in [0.2, 0.25) is 5.71 Å². The molecule has 94 valence electrons. The average Bonchev–Trinajstić information content (AvgIpc) is 2.13. The maximum absolute atomic E-state index is 12.4. The molecule has 0 amide bonds. The van der Waals surface area contributed by atoms with Crippen molar-refractivity contribution in [3.63, 3.8) is 0 Å². The molecule has 0 saturated carbocycles. The Morgan fingerprint density at radius 2 is 1.24 bits per heavy atom. The predicted molar refractivity (Wildman–Crippen MR) is 45.6 cm³/mol. The van der Waals surface area contributed by atoms with Gasteiger partial charge in [0.05, 0.1) is 5.69 Å². The molecule has 0 N–H and O–H groups in total. The Hall–Kier alpha value is -1.60. The summed E-state index contributed by atoms with van der Waals surface area (Å²) >= 11 is 0. The van der Waals surface area contributed by atoms with Gasteiger partial charge in [-0.05, 0) is 24.3 Å². The van der Waals surface area contributed by atoms with Crippen LogP contribution in [0.15, 0.2) is 29.3 Å².